The van der Waals surface area contributed by atoms with Crippen LogP contribution in [0, 0.1) is 30.6 Å². The third-order valence-electron chi connectivity index (χ3n) is 7.44. The average molecular weight is 407 g/mol. The van der Waals surface area contributed by atoms with E-state index in [1.165, 1.54) is 37.0 Å². The summed E-state index contributed by atoms with van der Waals surface area (Å²) >= 11 is 1.71. The SMILES string of the molecule is Cc1nn(CC(=O)NC2C3CC4CC(C3)CC2C4)c2nccc(-c3cccs3)c12. The first kappa shape index (κ1) is 17.6. The summed E-state index contributed by atoms with van der Waals surface area (Å²) in [6, 6.07) is 6.59. The van der Waals surface area contributed by atoms with Crippen LogP contribution in [0.2, 0.25) is 0 Å². The van der Waals surface area contributed by atoms with Crippen molar-refractivity contribution in [3.63, 3.8) is 0 Å². The number of pyridine rings is 1. The van der Waals surface area contributed by atoms with Gasteiger partial charge in [-0.1, -0.05) is 6.07 Å². The van der Waals surface area contributed by atoms with Crippen LogP contribution in [0.3, 0.4) is 0 Å². The minimum atomic E-state index is 0.0789. The molecule has 4 aliphatic carbocycles. The molecule has 0 unspecified atom stereocenters. The lowest BCUT2D eigenvalue weighted by Crippen LogP contribution is -2.56. The maximum Gasteiger partial charge on any atom is 0.242 e. The smallest absolute Gasteiger partial charge is 0.242 e. The van der Waals surface area contributed by atoms with Gasteiger partial charge in [-0.2, -0.15) is 5.10 Å². The number of amides is 1. The van der Waals surface area contributed by atoms with Crippen molar-refractivity contribution in [3.8, 4) is 10.4 Å². The molecule has 4 fully saturated rings. The molecule has 150 valence electrons. The van der Waals surface area contributed by atoms with Crippen LogP contribution in [0.5, 0.6) is 0 Å². The predicted octanol–water partition coefficient (Wildman–Crippen LogP) is 4.41. The summed E-state index contributed by atoms with van der Waals surface area (Å²) in [6.07, 6.45) is 8.51. The van der Waals surface area contributed by atoms with Crippen LogP contribution < -0.4 is 5.32 Å². The zero-order chi connectivity index (χ0) is 19.5. The second-order valence-corrected chi connectivity index (χ2v) is 10.2. The van der Waals surface area contributed by atoms with Crippen molar-refractivity contribution in [2.45, 2.75) is 51.6 Å². The number of thiophene rings is 1. The molecule has 3 heterocycles. The molecule has 4 aliphatic rings. The highest BCUT2D eigenvalue weighted by atomic mass is 32.1. The van der Waals surface area contributed by atoms with E-state index < -0.39 is 0 Å². The lowest BCUT2D eigenvalue weighted by atomic mass is 9.54. The standard InChI is InChI=1S/C23H26N4OS/c1-13-21-18(19-3-2-6-29-19)4-5-24-23(21)27(26-13)12-20(28)25-22-16-8-14-7-15(10-16)11-17(22)9-14/h2-6,14-17,22H,7-12H2,1H3,(H,25,28). The minimum Gasteiger partial charge on any atom is -0.351 e. The summed E-state index contributed by atoms with van der Waals surface area (Å²) in [5, 5.41) is 11.2. The van der Waals surface area contributed by atoms with Crippen molar-refractivity contribution in [3.05, 3.63) is 35.5 Å². The molecule has 0 radical (unpaired) electrons. The Balaban J connectivity index is 1.25. The molecule has 1 N–H and O–H groups in total. The third kappa shape index (κ3) is 2.91. The van der Waals surface area contributed by atoms with Gasteiger partial charge in [0.1, 0.15) is 6.54 Å². The van der Waals surface area contributed by atoms with Gasteiger partial charge >= 0.3 is 0 Å². The quantitative estimate of drug-likeness (QED) is 0.698. The molecule has 0 saturated heterocycles. The summed E-state index contributed by atoms with van der Waals surface area (Å²) in [5.74, 6) is 3.30. The topological polar surface area (TPSA) is 59.8 Å². The second kappa shape index (κ2) is 6.66. The van der Waals surface area contributed by atoms with Gasteiger partial charge in [0.15, 0.2) is 5.65 Å². The molecule has 0 spiro atoms. The van der Waals surface area contributed by atoms with Crippen molar-refractivity contribution in [2.24, 2.45) is 23.7 Å². The highest BCUT2D eigenvalue weighted by Gasteiger charge is 2.48. The van der Waals surface area contributed by atoms with Crippen LogP contribution in [-0.2, 0) is 11.3 Å². The van der Waals surface area contributed by atoms with E-state index in [9.17, 15) is 4.79 Å². The Kier molecular flexibility index (Phi) is 4.05. The molecule has 0 aliphatic heterocycles. The van der Waals surface area contributed by atoms with Crippen LogP contribution in [0.25, 0.3) is 21.5 Å². The van der Waals surface area contributed by atoms with Crippen molar-refractivity contribution >= 4 is 28.3 Å². The molecule has 5 nitrogen and oxygen atoms in total. The molecule has 3 aromatic heterocycles. The van der Waals surface area contributed by atoms with Gasteiger partial charge in [0.25, 0.3) is 0 Å². The largest absolute Gasteiger partial charge is 0.351 e. The first-order chi connectivity index (χ1) is 14.2. The molecule has 1 amide bonds. The lowest BCUT2D eigenvalue weighted by molar-refractivity contribution is -0.125. The van der Waals surface area contributed by atoms with E-state index in [2.05, 4.69) is 32.9 Å². The second-order valence-electron chi connectivity index (χ2n) is 9.30. The van der Waals surface area contributed by atoms with E-state index in [4.69, 9.17) is 0 Å². The first-order valence-electron chi connectivity index (χ1n) is 10.8. The minimum absolute atomic E-state index is 0.0789. The van der Waals surface area contributed by atoms with Crippen LogP contribution in [0.1, 0.15) is 37.8 Å². The van der Waals surface area contributed by atoms with Gasteiger partial charge < -0.3 is 5.32 Å². The highest BCUT2D eigenvalue weighted by molar-refractivity contribution is 7.13. The number of rotatable bonds is 4. The maximum absolute atomic E-state index is 13.0. The van der Waals surface area contributed by atoms with Gasteiger partial charge in [-0.15, -0.1) is 11.3 Å². The van der Waals surface area contributed by atoms with Crippen LogP contribution >= 0.6 is 11.3 Å². The van der Waals surface area contributed by atoms with Crippen molar-refractivity contribution < 1.29 is 4.79 Å². The number of hydrogen-bond donors (Lipinski definition) is 1. The Labute approximate surface area is 174 Å². The molecule has 4 saturated carbocycles. The Morgan fingerprint density at radius 2 is 1.93 bits per heavy atom. The number of nitrogens with one attached hydrogen (secondary N) is 1. The van der Waals surface area contributed by atoms with E-state index in [1.807, 2.05) is 19.2 Å². The number of nitrogens with zero attached hydrogens (tertiary/aromatic N) is 3. The number of aryl methyl sites for hydroxylation is 1. The first-order valence-corrected chi connectivity index (χ1v) is 11.7. The molecule has 7 rings (SSSR count). The monoisotopic (exact) mass is 406 g/mol. The number of carbonyl (C=O) groups is 1. The van der Waals surface area contributed by atoms with Gasteiger partial charge in [-0.25, -0.2) is 9.67 Å². The fourth-order valence-corrected chi connectivity index (χ4v) is 7.32. The zero-order valence-electron chi connectivity index (χ0n) is 16.7. The molecule has 0 aromatic carbocycles. The van der Waals surface area contributed by atoms with E-state index in [-0.39, 0.29) is 12.5 Å². The number of hydrogen-bond acceptors (Lipinski definition) is 4. The Hall–Kier alpha value is -2.21. The van der Waals surface area contributed by atoms with Crippen molar-refractivity contribution in [1.82, 2.24) is 20.1 Å². The van der Waals surface area contributed by atoms with Gasteiger partial charge in [0.05, 0.1) is 11.1 Å². The summed E-state index contributed by atoms with van der Waals surface area (Å²) in [5.41, 5.74) is 2.88. The predicted molar refractivity (Wildman–Crippen MR) is 115 cm³/mol. The maximum atomic E-state index is 13.0. The Morgan fingerprint density at radius 3 is 2.62 bits per heavy atom. The summed E-state index contributed by atoms with van der Waals surface area (Å²) < 4.78 is 1.78. The fourth-order valence-electron chi connectivity index (χ4n) is 6.56. The molecule has 29 heavy (non-hydrogen) atoms. The van der Waals surface area contributed by atoms with Gasteiger partial charge in [0, 0.05) is 22.7 Å². The zero-order valence-corrected chi connectivity index (χ0v) is 17.5. The molecule has 3 aromatic rings. The van der Waals surface area contributed by atoms with Gasteiger partial charge in [0.2, 0.25) is 5.91 Å². The van der Waals surface area contributed by atoms with Crippen molar-refractivity contribution in [2.75, 3.05) is 0 Å². The van der Waals surface area contributed by atoms with Crippen LogP contribution in [0.4, 0.5) is 0 Å². The lowest BCUT2D eigenvalue weighted by Gasteiger charge is -2.54. The number of carbonyl (C=O) groups excluding carboxylic acids is 1. The molecule has 6 heteroatoms. The fraction of sp³-hybridized carbons (Fsp3) is 0.522. The average Bonchev–Trinajstić information content (AvgIpc) is 3.33. The van der Waals surface area contributed by atoms with E-state index in [1.54, 1.807) is 16.0 Å². The van der Waals surface area contributed by atoms with Crippen LogP contribution in [-0.4, -0.2) is 26.7 Å². The molecular formula is C23H26N4OS. The number of fused-ring (bicyclic) bond motifs is 1. The highest BCUT2D eigenvalue weighted by Crippen LogP contribution is 2.53. The summed E-state index contributed by atoms with van der Waals surface area (Å²) in [4.78, 5) is 18.8. The molecule has 4 bridgehead atoms. The summed E-state index contributed by atoms with van der Waals surface area (Å²) in [7, 11) is 0. The molecule has 0 atom stereocenters. The van der Waals surface area contributed by atoms with Crippen molar-refractivity contribution in [1.29, 1.82) is 0 Å². The Bertz CT molecular complexity index is 1040. The van der Waals surface area contributed by atoms with Gasteiger partial charge in [-0.3, -0.25) is 4.79 Å². The summed E-state index contributed by atoms with van der Waals surface area (Å²) in [6.45, 7) is 2.25. The van der Waals surface area contributed by atoms with Gasteiger partial charge in [-0.05, 0) is 80.2 Å². The third-order valence-corrected chi connectivity index (χ3v) is 8.35. The molecular weight excluding hydrogens is 380 g/mol. The Morgan fingerprint density at radius 1 is 1.17 bits per heavy atom. The van der Waals surface area contributed by atoms with E-state index >= 15 is 0 Å². The van der Waals surface area contributed by atoms with E-state index in [0.29, 0.717) is 17.9 Å². The van der Waals surface area contributed by atoms with Crippen LogP contribution in [0.15, 0.2) is 29.8 Å². The van der Waals surface area contributed by atoms with E-state index in [0.717, 1.165) is 34.1 Å². The number of aromatic nitrogens is 3. The normalized spacial score (nSPS) is 30.2.